The largest absolute Gasteiger partial charge is 0.472 e. The minimum Gasteiger partial charge on any atom is -0.472 e. The molecule has 3 aromatic rings. The van der Waals surface area contributed by atoms with E-state index in [2.05, 4.69) is 20.9 Å². The number of hydrogen-bond donors (Lipinski definition) is 0. The molecule has 1 aromatic carbocycles. The summed E-state index contributed by atoms with van der Waals surface area (Å²) in [5, 5.41) is 9.10. The van der Waals surface area contributed by atoms with Crippen molar-refractivity contribution in [3.05, 3.63) is 65.5 Å². The number of nitrogens with zero attached hydrogens (tertiary/aromatic N) is 6. The second-order valence-corrected chi connectivity index (χ2v) is 7.44. The maximum Gasteiger partial charge on any atom is 0.230 e. The molecule has 8 nitrogen and oxygen atoms in total. The molecule has 4 heterocycles. The lowest BCUT2D eigenvalue weighted by atomic mass is 10.2. The van der Waals surface area contributed by atoms with Crippen molar-refractivity contribution in [2.24, 2.45) is 0 Å². The van der Waals surface area contributed by atoms with Crippen LogP contribution in [0.15, 0.2) is 48.8 Å². The van der Waals surface area contributed by atoms with Crippen LogP contribution in [0.1, 0.15) is 16.7 Å². The summed E-state index contributed by atoms with van der Waals surface area (Å²) in [6.45, 7) is 4.00. The van der Waals surface area contributed by atoms with Crippen LogP contribution >= 0.6 is 0 Å². The zero-order valence-corrected chi connectivity index (χ0v) is 17.1. The predicted molar refractivity (Wildman–Crippen MR) is 116 cm³/mol. The van der Waals surface area contributed by atoms with E-state index in [-0.39, 0.29) is 0 Å². The van der Waals surface area contributed by atoms with Crippen LogP contribution in [0.5, 0.6) is 5.88 Å². The molecule has 2 aliphatic rings. The molecule has 1 saturated heterocycles. The highest BCUT2D eigenvalue weighted by molar-refractivity contribution is 5.70. The fraction of sp³-hybridized carbons (Fsp3) is 0.304. The van der Waals surface area contributed by atoms with Crippen LogP contribution in [-0.4, -0.2) is 47.8 Å². The van der Waals surface area contributed by atoms with Gasteiger partial charge in [0.25, 0.3) is 0 Å². The van der Waals surface area contributed by atoms with Crippen LogP contribution in [0.3, 0.4) is 0 Å². The molecule has 0 unspecified atom stereocenters. The Morgan fingerprint density at radius 1 is 1.06 bits per heavy atom. The van der Waals surface area contributed by atoms with Crippen LogP contribution in [-0.2, 0) is 17.8 Å². The molecule has 0 bridgehead atoms. The Hall–Kier alpha value is -3.70. The van der Waals surface area contributed by atoms with Gasteiger partial charge in [0.15, 0.2) is 0 Å². The van der Waals surface area contributed by atoms with Gasteiger partial charge in [-0.15, -0.1) is 0 Å². The van der Waals surface area contributed by atoms with E-state index in [9.17, 15) is 0 Å². The Morgan fingerprint density at radius 2 is 1.90 bits per heavy atom. The highest BCUT2D eigenvalue weighted by Gasteiger charge is 2.29. The zero-order chi connectivity index (χ0) is 21.0. The minimum atomic E-state index is 0.400. The highest BCUT2D eigenvalue weighted by atomic mass is 16.5. The normalized spacial score (nSPS) is 15.5. The van der Waals surface area contributed by atoms with Crippen LogP contribution in [0, 0.1) is 11.3 Å². The summed E-state index contributed by atoms with van der Waals surface area (Å²) in [6.07, 6.45) is 4.34. The number of pyridine rings is 1. The quantitative estimate of drug-likeness (QED) is 0.630. The summed E-state index contributed by atoms with van der Waals surface area (Å²) in [7, 11) is 0. The molecule has 0 radical (unpaired) electrons. The minimum absolute atomic E-state index is 0.400. The molecule has 0 aliphatic carbocycles. The van der Waals surface area contributed by atoms with Gasteiger partial charge in [-0.3, -0.25) is 4.98 Å². The number of morpholine rings is 1. The molecular formula is C23H22N6O2. The maximum atomic E-state index is 9.10. The second kappa shape index (κ2) is 8.58. The molecule has 1 fully saturated rings. The number of hydrogen-bond acceptors (Lipinski definition) is 8. The molecule has 0 atom stereocenters. The molecule has 0 N–H and O–H groups in total. The number of rotatable bonds is 5. The molecule has 2 aromatic heterocycles. The van der Waals surface area contributed by atoms with E-state index in [1.807, 2.05) is 36.4 Å². The van der Waals surface area contributed by atoms with Gasteiger partial charge >= 0.3 is 0 Å². The summed E-state index contributed by atoms with van der Waals surface area (Å²) < 4.78 is 11.7. The molecule has 156 valence electrons. The average molecular weight is 414 g/mol. The van der Waals surface area contributed by atoms with Crippen molar-refractivity contribution < 1.29 is 9.47 Å². The van der Waals surface area contributed by atoms with Crippen molar-refractivity contribution in [1.29, 1.82) is 5.26 Å². The maximum absolute atomic E-state index is 9.10. The summed E-state index contributed by atoms with van der Waals surface area (Å²) in [5.41, 5.74) is 3.64. The Balaban J connectivity index is 1.50. The van der Waals surface area contributed by atoms with E-state index >= 15 is 0 Å². The van der Waals surface area contributed by atoms with Crippen molar-refractivity contribution >= 4 is 17.5 Å². The molecule has 0 spiro atoms. The Kier molecular flexibility index (Phi) is 5.33. The predicted octanol–water partition coefficient (Wildman–Crippen LogP) is 2.85. The fourth-order valence-corrected chi connectivity index (χ4v) is 3.84. The third-order valence-electron chi connectivity index (χ3n) is 5.48. The first-order valence-electron chi connectivity index (χ1n) is 10.3. The van der Waals surface area contributed by atoms with Gasteiger partial charge in [0, 0.05) is 43.3 Å². The van der Waals surface area contributed by atoms with E-state index < -0.39 is 0 Å². The Bertz CT molecular complexity index is 1090. The Labute approximate surface area is 180 Å². The smallest absolute Gasteiger partial charge is 0.230 e. The lowest BCUT2D eigenvalue weighted by Gasteiger charge is -2.28. The van der Waals surface area contributed by atoms with E-state index in [0.29, 0.717) is 37.2 Å². The van der Waals surface area contributed by atoms with Gasteiger partial charge < -0.3 is 19.3 Å². The molecule has 31 heavy (non-hydrogen) atoms. The summed E-state index contributed by atoms with van der Waals surface area (Å²) in [4.78, 5) is 18.2. The highest BCUT2D eigenvalue weighted by Crippen LogP contribution is 2.39. The van der Waals surface area contributed by atoms with Crippen molar-refractivity contribution in [2.45, 2.75) is 13.0 Å². The van der Waals surface area contributed by atoms with E-state index in [0.717, 1.165) is 48.7 Å². The SMILES string of the molecule is N#Cc1ccc(N2CCc3c(OCc4cccnc4)nc(N4CCOCC4)nc32)cc1. The third-order valence-corrected chi connectivity index (χ3v) is 5.48. The van der Waals surface area contributed by atoms with E-state index in [1.165, 1.54) is 0 Å². The average Bonchev–Trinajstić information content (AvgIpc) is 3.28. The number of fused-ring (bicyclic) bond motifs is 1. The first kappa shape index (κ1) is 19.3. The van der Waals surface area contributed by atoms with Crippen molar-refractivity contribution in [3.8, 4) is 11.9 Å². The number of ether oxygens (including phenoxy) is 2. The lowest BCUT2D eigenvalue weighted by molar-refractivity contribution is 0.122. The van der Waals surface area contributed by atoms with Crippen molar-refractivity contribution in [3.63, 3.8) is 0 Å². The van der Waals surface area contributed by atoms with Gasteiger partial charge in [0.05, 0.1) is 30.4 Å². The topological polar surface area (TPSA) is 87.4 Å². The lowest BCUT2D eigenvalue weighted by Crippen LogP contribution is -2.37. The third kappa shape index (κ3) is 4.00. The monoisotopic (exact) mass is 414 g/mol. The van der Waals surface area contributed by atoms with Crippen LogP contribution < -0.4 is 14.5 Å². The van der Waals surface area contributed by atoms with Crippen LogP contribution in [0.4, 0.5) is 17.5 Å². The standard InChI is InChI=1S/C23H22N6O2/c24-14-17-3-5-19(6-4-17)29-9-7-20-21(29)26-23(28-10-12-30-13-11-28)27-22(20)31-16-18-2-1-8-25-15-18/h1-6,8,15H,7,9-13,16H2. The second-order valence-electron chi connectivity index (χ2n) is 7.44. The first-order chi connectivity index (χ1) is 15.3. The van der Waals surface area contributed by atoms with E-state index in [4.69, 9.17) is 24.7 Å². The Morgan fingerprint density at radius 3 is 2.65 bits per heavy atom. The van der Waals surface area contributed by atoms with Gasteiger partial charge in [-0.1, -0.05) is 6.07 Å². The van der Waals surface area contributed by atoms with Crippen LogP contribution in [0.25, 0.3) is 0 Å². The first-order valence-corrected chi connectivity index (χ1v) is 10.3. The van der Waals surface area contributed by atoms with Gasteiger partial charge in [0.1, 0.15) is 12.4 Å². The van der Waals surface area contributed by atoms with Gasteiger partial charge in [-0.05, 0) is 36.8 Å². The summed E-state index contributed by atoms with van der Waals surface area (Å²) >= 11 is 0. The van der Waals surface area contributed by atoms with Crippen molar-refractivity contribution in [2.75, 3.05) is 42.6 Å². The number of nitriles is 1. The molecular weight excluding hydrogens is 392 g/mol. The van der Waals surface area contributed by atoms with Gasteiger partial charge in [0.2, 0.25) is 11.8 Å². The number of anilines is 3. The number of aromatic nitrogens is 3. The molecule has 0 amide bonds. The van der Waals surface area contributed by atoms with Gasteiger partial charge in [-0.25, -0.2) is 0 Å². The van der Waals surface area contributed by atoms with E-state index in [1.54, 1.807) is 12.4 Å². The summed E-state index contributed by atoms with van der Waals surface area (Å²) in [6, 6.07) is 13.6. The molecule has 5 rings (SSSR count). The molecule has 8 heteroatoms. The fourth-order valence-electron chi connectivity index (χ4n) is 3.84. The molecule has 0 saturated carbocycles. The van der Waals surface area contributed by atoms with Crippen LogP contribution in [0.2, 0.25) is 0 Å². The number of benzene rings is 1. The molecule has 2 aliphatic heterocycles. The summed E-state index contributed by atoms with van der Waals surface area (Å²) in [5.74, 6) is 2.14. The van der Waals surface area contributed by atoms with Crippen molar-refractivity contribution in [1.82, 2.24) is 15.0 Å². The van der Waals surface area contributed by atoms with Gasteiger partial charge in [-0.2, -0.15) is 15.2 Å². The zero-order valence-electron chi connectivity index (χ0n) is 17.1.